The van der Waals surface area contributed by atoms with Crippen LogP contribution in [0.4, 0.5) is 24.5 Å². The van der Waals surface area contributed by atoms with Crippen LogP contribution in [0.15, 0.2) is 36.5 Å². The quantitative estimate of drug-likeness (QED) is 0.555. The fourth-order valence-electron chi connectivity index (χ4n) is 2.96. The van der Waals surface area contributed by atoms with Gasteiger partial charge in [-0.2, -0.15) is 23.4 Å². The van der Waals surface area contributed by atoms with Crippen molar-refractivity contribution in [2.75, 3.05) is 10.6 Å². The third kappa shape index (κ3) is 4.77. The van der Waals surface area contributed by atoms with Gasteiger partial charge in [-0.3, -0.25) is 19.0 Å². The van der Waals surface area contributed by atoms with Gasteiger partial charge in [0.05, 0.1) is 16.4 Å². The van der Waals surface area contributed by atoms with Crippen LogP contribution in [0.5, 0.6) is 0 Å². The molecule has 0 aliphatic rings. The number of aromatic nitrogens is 4. The van der Waals surface area contributed by atoms with Crippen molar-refractivity contribution in [1.82, 2.24) is 19.6 Å². The van der Waals surface area contributed by atoms with E-state index in [1.807, 2.05) is 0 Å². The number of rotatable bonds is 6. The molecule has 2 aromatic heterocycles. The first-order valence-corrected chi connectivity index (χ1v) is 9.97. The Labute approximate surface area is 186 Å². The van der Waals surface area contributed by atoms with Crippen LogP contribution in [-0.2, 0) is 17.5 Å². The molecule has 0 radical (unpaired) electrons. The normalized spacial score (nSPS) is 12.5. The number of nitrogens with one attached hydrogen (secondary N) is 2. The highest BCUT2D eigenvalue weighted by Gasteiger charge is 2.39. The van der Waals surface area contributed by atoms with Crippen molar-refractivity contribution in [2.24, 2.45) is 0 Å². The number of halogens is 4. The number of hydrogen-bond acceptors (Lipinski definition) is 4. The number of aryl methyl sites for hydroxylation is 1. The molecule has 12 heteroatoms. The van der Waals surface area contributed by atoms with E-state index in [1.165, 1.54) is 24.7 Å². The van der Waals surface area contributed by atoms with Gasteiger partial charge in [-0.15, -0.1) is 0 Å². The van der Waals surface area contributed by atoms with Crippen molar-refractivity contribution in [2.45, 2.75) is 39.5 Å². The van der Waals surface area contributed by atoms with Gasteiger partial charge in [-0.1, -0.05) is 29.8 Å². The summed E-state index contributed by atoms with van der Waals surface area (Å²) in [5.41, 5.74) is -0.659. The van der Waals surface area contributed by atoms with Gasteiger partial charge < -0.3 is 10.6 Å². The summed E-state index contributed by atoms with van der Waals surface area (Å²) in [5.74, 6) is -1.24. The third-order valence-electron chi connectivity index (χ3n) is 4.68. The molecule has 1 atom stereocenters. The zero-order valence-electron chi connectivity index (χ0n) is 17.4. The second kappa shape index (κ2) is 9.03. The summed E-state index contributed by atoms with van der Waals surface area (Å²) in [6.07, 6.45) is -3.29. The second-order valence-corrected chi connectivity index (χ2v) is 7.30. The van der Waals surface area contributed by atoms with Crippen molar-refractivity contribution in [3.63, 3.8) is 0 Å². The Bertz CT molecular complexity index is 1140. The number of para-hydroxylation sites is 1. The van der Waals surface area contributed by atoms with E-state index in [9.17, 15) is 22.8 Å². The smallest absolute Gasteiger partial charge is 0.321 e. The van der Waals surface area contributed by atoms with Crippen molar-refractivity contribution < 1.29 is 22.8 Å². The summed E-state index contributed by atoms with van der Waals surface area (Å²) in [5, 5.41) is 12.3. The average molecular weight is 469 g/mol. The van der Waals surface area contributed by atoms with Gasteiger partial charge in [0, 0.05) is 18.4 Å². The number of amides is 2. The number of anilines is 2. The highest BCUT2D eigenvalue weighted by molar-refractivity contribution is 6.32. The monoisotopic (exact) mass is 468 g/mol. The molecule has 0 aliphatic carbocycles. The summed E-state index contributed by atoms with van der Waals surface area (Å²) in [6.45, 7) is 4.94. The molecule has 8 nitrogen and oxygen atoms in total. The van der Waals surface area contributed by atoms with Crippen molar-refractivity contribution in [3.05, 3.63) is 58.6 Å². The molecule has 1 unspecified atom stereocenters. The maximum atomic E-state index is 13.1. The largest absolute Gasteiger partial charge is 0.436 e. The molecule has 2 N–H and O–H groups in total. The minimum Gasteiger partial charge on any atom is -0.321 e. The van der Waals surface area contributed by atoms with E-state index in [0.29, 0.717) is 12.2 Å². The molecule has 0 saturated heterocycles. The van der Waals surface area contributed by atoms with Gasteiger partial charge in [-0.25, -0.2) is 0 Å². The highest BCUT2D eigenvalue weighted by atomic mass is 35.5. The number of carbonyl (C=O) groups excluding carboxylic acids is 2. The molecule has 3 rings (SSSR count). The van der Waals surface area contributed by atoms with Gasteiger partial charge in [0.25, 0.3) is 5.91 Å². The third-order valence-corrected chi connectivity index (χ3v) is 5.13. The first kappa shape index (κ1) is 23.3. The summed E-state index contributed by atoms with van der Waals surface area (Å²) < 4.78 is 41.7. The average Bonchev–Trinajstić information content (AvgIpc) is 3.29. The lowest BCUT2D eigenvalue weighted by atomic mass is 10.2. The zero-order valence-corrected chi connectivity index (χ0v) is 18.1. The first-order chi connectivity index (χ1) is 15.0. The number of alkyl halides is 3. The number of nitrogens with zero attached hydrogens (tertiary/aromatic N) is 4. The molecular formula is C20H20ClF3N6O2. The van der Waals surface area contributed by atoms with E-state index < -0.39 is 34.7 Å². The molecule has 0 aliphatic heterocycles. The van der Waals surface area contributed by atoms with Crippen LogP contribution in [-0.4, -0.2) is 31.4 Å². The van der Waals surface area contributed by atoms with Crippen LogP contribution in [0, 0.1) is 6.92 Å². The van der Waals surface area contributed by atoms with E-state index in [2.05, 4.69) is 20.8 Å². The summed E-state index contributed by atoms with van der Waals surface area (Å²) in [4.78, 5) is 25.5. The minimum absolute atomic E-state index is 0.00654. The first-order valence-electron chi connectivity index (χ1n) is 9.59. The van der Waals surface area contributed by atoms with Crippen LogP contribution in [0.2, 0.25) is 5.02 Å². The topological polar surface area (TPSA) is 93.8 Å². The minimum atomic E-state index is -4.76. The van der Waals surface area contributed by atoms with Crippen molar-refractivity contribution in [3.8, 4) is 0 Å². The Morgan fingerprint density at radius 2 is 1.81 bits per heavy atom. The maximum absolute atomic E-state index is 13.1. The number of carbonyl (C=O) groups is 2. The number of benzene rings is 1. The Hall–Kier alpha value is -3.34. The fraction of sp³-hybridized carbons (Fsp3) is 0.300. The SMILES string of the molecule is CCn1cc(NC(=O)C(C)n2nc(C(F)(F)F)c(Cl)c2C)c(C(=O)Nc2ccccc2)n1. The molecule has 2 amide bonds. The lowest BCUT2D eigenvalue weighted by Crippen LogP contribution is -2.26. The maximum Gasteiger partial charge on any atom is 0.436 e. The molecule has 0 fully saturated rings. The Morgan fingerprint density at radius 3 is 2.38 bits per heavy atom. The van der Waals surface area contributed by atoms with Crippen molar-refractivity contribution in [1.29, 1.82) is 0 Å². The van der Waals surface area contributed by atoms with Crippen LogP contribution < -0.4 is 10.6 Å². The summed E-state index contributed by atoms with van der Waals surface area (Å²) >= 11 is 5.77. The molecule has 0 bridgehead atoms. The molecule has 0 saturated carbocycles. The van der Waals surface area contributed by atoms with Crippen LogP contribution in [0.3, 0.4) is 0 Å². The predicted octanol–water partition coefficient (Wildman–Crippen LogP) is 4.53. The molecule has 170 valence electrons. The van der Waals surface area contributed by atoms with E-state index in [1.54, 1.807) is 37.3 Å². The van der Waals surface area contributed by atoms with Gasteiger partial charge in [0.1, 0.15) is 6.04 Å². The zero-order chi connectivity index (χ0) is 23.6. The molecule has 1 aromatic carbocycles. The van der Waals surface area contributed by atoms with E-state index in [4.69, 9.17) is 11.6 Å². The molecule has 3 aromatic rings. The molecule has 0 spiro atoms. The van der Waals surface area contributed by atoms with Gasteiger partial charge >= 0.3 is 6.18 Å². The Balaban J connectivity index is 1.85. The van der Waals surface area contributed by atoms with Gasteiger partial charge in [0.15, 0.2) is 11.4 Å². The molecular weight excluding hydrogens is 449 g/mol. The van der Waals surface area contributed by atoms with Gasteiger partial charge in [-0.05, 0) is 32.9 Å². The standard InChI is InChI=1S/C20H20ClF3N6O2/c1-4-29-10-14(16(27-29)19(32)25-13-8-6-5-7-9-13)26-18(31)12(3)30-11(2)15(21)17(28-30)20(22,23)24/h5-10,12H,4H2,1-3H3,(H,25,32)(H,26,31). The van der Waals surface area contributed by atoms with Crippen LogP contribution in [0.25, 0.3) is 0 Å². The van der Waals surface area contributed by atoms with Gasteiger partial charge in [0.2, 0.25) is 5.91 Å². The van der Waals surface area contributed by atoms with Crippen LogP contribution in [0.1, 0.15) is 41.8 Å². The Kier molecular flexibility index (Phi) is 6.58. The summed E-state index contributed by atoms with van der Waals surface area (Å²) in [7, 11) is 0. The Morgan fingerprint density at radius 1 is 1.16 bits per heavy atom. The van der Waals surface area contributed by atoms with Crippen LogP contribution >= 0.6 is 11.6 Å². The van der Waals surface area contributed by atoms with E-state index in [-0.39, 0.29) is 17.1 Å². The van der Waals surface area contributed by atoms with E-state index >= 15 is 0 Å². The lowest BCUT2D eigenvalue weighted by molar-refractivity contribution is -0.141. The van der Waals surface area contributed by atoms with Crippen molar-refractivity contribution >= 4 is 34.8 Å². The molecule has 2 heterocycles. The highest BCUT2D eigenvalue weighted by Crippen LogP contribution is 2.36. The lowest BCUT2D eigenvalue weighted by Gasteiger charge is -2.14. The predicted molar refractivity (Wildman–Crippen MR) is 113 cm³/mol. The van der Waals surface area contributed by atoms with E-state index in [0.717, 1.165) is 4.68 Å². The molecule has 32 heavy (non-hydrogen) atoms. The fourth-order valence-corrected chi connectivity index (χ4v) is 3.19. The number of hydrogen-bond donors (Lipinski definition) is 2. The summed E-state index contributed by atoms with van der Waals surface area (Å²) in [6, 6.07) is 7.53. The second-order valence-electron chi connectivity index (χ2n) is 6.92.